The normalized spacial score (nSPS) is 14.8. The molecule has 1 aromatic carbocycles. The van der Waals surface area contributed by atoms with Crippen LogP contribution in [0, 0.1) is 32.1 Å². The van der Waals surface area contributed by atoms with Gasteiger partial charge in [-0.15, -0.1) is 22.7 Å². The third kappa shape index (κ3) is 4.63. The molecule has 2 aromatic heterocycles. The van der Waals surface area contributed by atoms with E-state index in [0.29, 0.717) is 15.6 Å². The van der Waals surface area contributed by atoms with Crippen LogP contribution in [0.2, 0.25) is 0 Å². The third-order valence-corrected chi connectivity index (χ3v) is 8.02. The number of thiazole rings is 1. The molecular formula is C23H20N4O2S3. The van der Waals surface area contributed by atoms with Gasteiger partial charge in [0, 0.05) is 21.9 Å². The van der Waals surface area contributed by atoms with E-state index in [9.17, 15) is 14.9 Å². The number of nitrogens with one attached hydrogen (secondary N) is 1. The Morgan fingerprint density at radius 3 is 2.75 bits per heavy atom. The number of nitriles is 1. The molecule has 2 amide bonds. The standard InChI is InChI=1S/C23H20N4O2S3/c1-13-4-6-16(7-5-13)18-11-30-20(25-18)8-22-27(21(29)12-31-22)10-19(28)26-23-17(9-24)14(2)15(3)32-23/h4-8,11H,10,12H2,1-3H3,(H,26,28). The highest BCUT2D eigenvalue weighted by Crippen LogP contribution is 2.34. The molecule has 0 radical (unpaired) electrons. The number of hydrogen-bond acceptors (Lipinski definition) is 7. The lowest BCUT2D eigenvalue weighted by atomic mass is 10.1. The first-order chi connectivity index (χ1) is 15.4. The second kappa shape index (κ2) is 9.28. The molecule has 1 N–H and O–H groups in total. The molecule has 0 aliphatic carbocycles. The Kier molecular flexibility index (Phi) is 6.46. The minimum Gasteiger partial charge on any atom is -0.315 e. The zero-order valence-corrected chi connectivity index (χ0v) is 20.2. The highest BCUT2D eigenvalue weighted by molar-refractivity contribution is 8.04. The number of thioether (sulfide) groups is 1. The zero-order valence-electron chi connectivity index (χ0n) is 17.8. The van der Waals surface area contributed by atoms with Crippen LogP contribution in [0.4, 0.5) is 5.00 Å². The van der Waals surface area contributed by atoms with E-state index in [1.807, 2.05) is 56.5 Å². The summed E-state index contributed by atoms with van der Waals surface area (Å²) in [7, 11) is 0. The van der Waals surface area contributed by atoms with Crippen molar-refractivity contribution in [3.63, 3.8) is 0 Å². The van der Waals surface area contributed by atoms with Crippen LogP contribution in [-0.2, 0) is 9.59 Å². The van der Waals surface area contributed by atoms with Gasteiger partial charge in [0.25, 0.3) is 0 Å². The Morgan fingerprint density at radius 1 is 1.28 bits per heavy atom. The maximum absolute atomic E-state index is 12.7. The van der Waals surface area contributed by atoms with Gasteiger partial charge in [0.15, 0.2) is 0 Å². The predicted molar refractivity (Wildman–Crippen MR) is 132 cm³/mol. The van der Waals surface area contributed by atoms with Crippen molar-refractivity contribution in [1.29, 1.82) is 5.26 Å². The number of hydrogen-bond donors (Lipinski definition) is 1. The van der Waals surface area contributed by atoms with Gasteiger partial charge in [0.1, 0.15) is 22.6 Å². The van der Waals surface area contributed by atoms with E-state index in [1.165, 1.54) is 44.9 Å². The minimum atomic E-state index is -0.330. The van der Waals surface area contributed by atoms with Crippen molar-refractivity contribution in [3.05, 3.63) is 61.2 Å². The molecule has 1 aliphatic rings. The van der Waals surface area contributed by atoms with Crippen LogP contribution in [0.25, 0.3) is 17.3 Å². The Hall–Kier alpha value is -2.93. The summed E-state index contributed by atoms with van der Waals surface area (Å²) in [5.41, 5.74) is 4.46. The lowest BCUT2D eigenvalue weighted by Crippen LogP contribution is -2.33. The van der Waals surface area contributed by atoms with Crippen molar-refractivity contribution in [2.24, 2.45) is 0 Å². The Morgan fingerprint density at radius 2 is 2.03 bits per heavy atom. The molecule has 0 bridgehead atoms. The monoisotopic (exact) mass is 480 g/mol. The van der Waals surface area contributed by atoms with Gasteiger partial charge in [-0.2, -0.15) is 5.26 Å². The first-order valence-corrected chi connectivity index (χ1v) is 12.5. The van der Waals surface area contributed by atoms with Gasteiger partial charge in [-0.25, -0.2) is 4.98 Å². The third-order valence-electron chi connectivity index (χ3n) is 5.08. The Bertz CT molecular complexity index is 1270. The maximum Gasteiger partial charge on any atom is 0.245 e. The average Bonchev–Trinajstić information content (AvgIpc) is 3.43. The first-order valence-electron chi connectivity index (χ1n) is 9.83. The number of aryl methyl sites for hydroxylation is 2. The molecule has 162 valence electrons. The van der Waals surface area contributed by atoms with E-state index >= 15 is 0 Å². The van der Waals surface area contributed by atoms with E-state index in [4.69, 9.17) is 0 Å². The minimum absolute atomic E-state index is 0.102. The van der Waals surface area contributed by atoms with E-state index in [2.05, 4.69) is 16.4 Å². The summed E-state index contributed by atoms with van der Waals surface area (Å²) in [4.78, 5) is 32.2. The fourth-order valence-corrected chi connectivity index (χ4v) is 5.97. The quantitative estimate of drug-likeness (QED) is 0.544. The predicted octanol–water partition coefficient (Wildman–Crippen LogP) is 5.18. The van der Waals surface area contributed by atoms with Gasteiger partial charge in [-0.1, -0.05) is 41.6 Å². The number of amides is 2. The fourth-order valence-electron chi connectivity index (χ4n) is 3.18. The average molecular weight is 481 g/mol. The summed E-state index contributed by atoms with van der Waals surface area (Å²) in [6, 6.07) is 10.3. The molecule has 3 heterocycles. The van der Waals surface area contributed by atoms with Gasteiger partial charge in [-0.05, 0) is 26.3 Å². The number of thiophene rings is 1. The summed E-state index contributed by atoms with van der Waals surface area (Å²) in [6.45, 7) is 5.72. The van der Waals surface area contributed by atoms with Crippen LogP contribution in [-0.4, -0.2) is 34.0 Å². The summed E-state index contributed by atoms with van der Waals surface area (Å²) in [6.07, 6.45) is 1.85. The van der Waals surface area contributed by atoms with Crippen molar-refractivity contribution >= 4 is 57.3 Å². The summed E-state index contributed by atoms with van der Waals surface area (Å²) < 4.78 is 0. The van der Waals surface area contributed by atoms with Gasteiger partial charge in [0.05, 0.1) is 22.0 Å². The Balaban J connectivity index is 1.50. The van der Waals surface area contributed by atoms with Crippen molar-refractivity contribution < 1.29 is 9.59 Å². The first kappa shape index (κ1) is 22.3. The second-order valence-electron chi connectivity index (χ2n) is 7.34. The van der Waals surface area contributed by atoms with E-state index in [-0.39, 0.29) is 24.1 Å². The largest absolute Gasteiger partial charge is 0.315 e. The van der Waals surface area contributed by atoms with Gasteiger partial charge < -0.3 is 5.32 Å². The number of benzene rings is 1. The van der Waals surface area contributed by atoms with Gasteiger partial charge in [-0.3, -0.25) is 14.5 Å². The van der Waals surface area contributed by atoms with Crippen molar-refractivity contribution in [3.8, 4) is 17.3 Å². The zero-order chi connectivity index (χ0) is 22.8. The number of rotatable bonds is 5. The van der Waals surface area contributed by atoms with Gasteiger partial charge in [0.2, 0.25) is 11.8 Å². The van der Waals surface area contributed by atoms with E-state index in [1.54, 1.807) is 0 Å². The molecule has 1 saturated heterocycles. The van der Waals surface area contributed by atoms with Crippen molar-refractivity contribution in [2.45, 2.75) is 20.8 Å². The van der Waals surface area contributed by atoms with Gasteiger partial charge >= 0.3 is 0 Å². The number of anilines is 1. The molecule has 6 nitrogen and oxygen atoms in total. The lowest BCUT2D eigenvalue weighted by molar-refractivity contribution is -0.129. The van der Waals surface area contributed by atoms with Crippen LogP contribution in [0.15, 0.2) is 34.7 Å². The maximum atomic E-state index is 12.7. The molecule has 1 aliphatic heterocycles. The van der Waals surface area contributed by atoms with Crippen molar-refractivity contribution in [1.82, 2.24) is 9.88 Å². The van der Waals surface area contributed by atoms with Crippen LogP contribution in [0.3, 0.4) is 0 Å². The molecule has 0 spiro atoms. The van der Waals surface area contributed by atoms with E-state index in [0.717, 1.165) is 26.7 Å². The second-order valence-corrected chi connectivity index (χ2v) is 10.4. The summed E-state index contributed by atoms with van der Waals surface area (Å²) in [5, 5.41) is 16.2. The number of aromatic nitrogens is 1. The van der Waals surface area contributed by atoms with E-state index < -0.39 is 0 Å². The Labute approximate surface area is 198 Å². The summed E-state index contributed by atoms with van der Waals surface area (Å²) in [5.74, 6) is -0.162. The fraction of sp³-hybridized carbons (Fsp3) is 0.217. The van der Waals surface area contributed by atoms with Crippen LogP contribution >= 0.6 is 34.4 Å². The molecule has 0 unspecified atom stereocenters. The SMILES string of the molecule is Cc1ccc(-c2csc(C=C3SCC(=O)N3CC(=O)Nc3sc(C)c(C)c3C#N)n2)cc1. The van der Waals surface area contributed by atoms with Crippen LogP contribution in [0.5, 0.6) is 0 Å². The molecule has 3 aromatic rings. The highest BCUT2D eigenvalue weighted by Gasteiger charge is 2.29. The number of nitrogens with zero attached hydrogens (tertiary/aromatic N) is 3. The molecule has 0 atom stereocenters. The highest BCUT2D eigenvalue weighted by atomic mass is 32.2. The lowest BCUT2D eigenvalue weighted by Gasteiger charge is -2.16. The number of carbonyl (C=O) groups excluding carboxylic acids is 2. The molecule has 9 heteroatoms. The van der Waals surface area contributed by atoms with Crippen molar-refractivity contribution in [2.75, 3.05) is 17.6 Å². The molecule has 0 saturated carbocycles. The molecular weight excluding hydrogens is 460 g/mol. The van der Waals surface area contributed by atoms with Crippen LogP contribution < -0.4 is 5.32 Å². The topological polar surface area (TPSA) is 86.1 Å². The summed E-state index contributed by atoms with van der Waals surface area (Å²) >= 11 is 4.26. The molecule has 4 rings (SSSR count). The number of carbonyl (C=O) groups is 2. The molecule has 32 heavy (non-hydrogen) atoms. The smallest absolute Gasteiger partial charge is 0.245 e. The molecule has 1 fully saturated rings. The van der Waals surface area contributed by atoms with Crippen LogP contribution in [0.1, 0.15) is 26.6 Å².